The van der Waals surface area contributed by atoms with E-state index in [0.717, 1.165) is 5.56 Å². The zero-order chi connectivity index (χ0) is 18.5. The Hall–Kier alpha value is -2.61. The molecule has 0 fully saturated rings. The first-order chi connectivity index (χ1) is 12.6. The summed E-state index contributed by atoms with van der Waals surface area (Å²) < 4.78 is 0. The van der Waals surface area contributed by atoms with Crippen LogP contribution in [0.25, 0.3) is 11.3 Å². The molecule has 0 amide bonds. The van der Waals surface area contributed by atoms with Crippen LogP contribution in [-0.2, 0) is 0 Å². The number of phenolic OH excluding ortho intramolecular Hbond substituents is 1. The SMILES string of the molecule is OCCNc1nc(Nc2cc(Cl)c(O)c(Cl)c2)cc(-c2ccncc2)n1. The van der Waals surface area contributed by atoms with Crippen molar-refractivity contribution in [3.05, 3.63) is 52.8 Å². The van der Waals surface area contributed by atoms with Crippen molar-refractivity contribution in [2.75, 3.05) is 23.8 Å². The van der Waals surface area contributed by atoms with Crippen LogP contribution in [0.1, 0.15) is 0 Å². The number of aromatic nitrogens is 3. The van der Waals surface area contributed by atoms with Crippen LogP contribution in [0.2, 0.25) is 10.0 Å². The number of aliphatic hydroxyl groups is 1. The molecular weight excluding hydrogens is 377 g/mol. The second kappa shape index (κ2) is 8.18. The van der Waals surface area contributed by atoms with Crippen molar-refractivity contribution >= 4 is 40.7 Å². The number of pyridine rings is 1. The monoisotopic (exact) mass is 391 g/mol. The number of nitrogens with zero attached hydrogens (tertiary/aromatic N) is 3. The molecule has 26 heavy (non-hydrogen) atoms. The third kappa shape index (κ3) is 4.32. The summed E-state index contributed by atoms with van der Waals surface area (Å²) in [6, 6.07) is 8.50. The molecule has 7 nitrogen and oxygen atoms in total. The maximum atomic E-state index is 9.67. The van der Waals surface area contributed by atoms with Crippen LogP contribution in [0, 0.1) is 0 Å². The lowest BCUT2D eigenvalue weighted by Gasteiger charge is -2.12. The predicted octanol–water partition coefficient (Wildman–Crippen LogP) is 3.70. The molecule has 0 unspecified atom stereocenters. The van der Waals surface area contributed by atoms with E-state index < -0.39 is 0 Å². The standard InChI is InChI=1S/C17H15Cl2N5O2/c18-12-7-11(8-13(19)16(12)26)22-15-9-14(10-1-3-20-4-2-10)23-17(24-15)21-5-6-25/h1-4,7-9,25-26H,5-6H2,(H2,21,22,23,24). The van der Waals surface area contributed by atoms with E-state index >= 15 is 0 Å². The fourth-order valence-corrected chi connectivity index (χ4v) is 2.70. The lowest BCUT2D eigenvalue weighted by molar-refractivity contribution is 0.311. The lowest BCUT2D eigenvalue weighted by atomic mass is 10.2. The number of aromatic hydroxyl groups is 1. The van der Waals surface area contributed by atoms with Gasteiger partial charge in [0.15, 0.2) is 5.75 Å². The third-order valence-electron chi connectivity index (χ3n) is 3.39. The molecule has 0 atom stereocenters. The molecule has 1 aromatic carbocycles. The van der Waals surface area contributed by atoms with E-state index in [1.807, 2.05) is 12.1 Å². The zero-order valence-corrected chi connectivity index (χ0v) is 15.0. The normalized spacial score (nSPS) is 10.6. The maximum absolute atomic E-state index is 9.67. The Morgan fingerprint density at radius 2 is 1.69 bits per heavy atom. The molecule has 3 aromatic rings. The molecule has 0 radical (unpaired) electrons. The number of hydrogen-bond donors (Lipinski definition) is 4. The molecule has 0 bridgehead atoms. The molecule has 0 aliphatic heterocycles. The second-order valence-corrected chi connectivity index (χ2v) is 6.08. The highest BCUT2D eigenvalue weighted by atomic mass is 35.5. The van der Waals surface area contributed by atoms with Gasteiger partial charge in [0.1, 0.15) is 5.82 Å². The Kier molecular flexibility index (Phi) is 5.72. The van der Waals surface area contributed by atoms with Gasteiger partial charge in [-0.3, -0.25) is 4.98 Å². The summed E-state index contributed by atoms with van der Waals surface area (Å²) in [6.45, 7) is 0.269. The number of nitrogens with one attached hydrogen (secondary N) is 2. The fraction of sp³-hybridized carbons (Fsp3) is 0.118. The van der Waals surface area contributed by atoms with Crippen LogP contribution in [0.15, 0.2) is 42.7 Å². The molecule has 3 rings (SSSR count). The topological polar surface area (TPSA) is 103 Å². The van der Waals surface area contributed by atoms with Gasteiger partial charge in [-0.2, -0.15) is 4.98 Å². The fourth-order valence-electron chi connectivity index (χ4n) is 2.21. The van der Waals surface area contributed by atoms with E-state index in [1.165, 1.54) is 12.1 Å². The van der Waals surface area contributed by atoms with Crippen molar-refractivity contribution in [1.29, 1.82) is 0 Å². The minimum atomic E-state index is -0.177. The quantitative estimate of drug-likeness (QED) is 0.475. The number of rotatable bonds is 6. The zero-order valence-electron chi connectivity index (χ0n) is 13.4. The minimum Gasteiger partial charge on any atom is -0.505 e. The van der Waals surface area contributed by atoms with Crippen LogP contribution >= 0.6 is 23.2 Å². The molecular formula is C17H15Cl2N5O2. The third-order valence-corrected chi connectivity index (χ3v) is 3.96. The first-order valence-electron chi connectivity index (χ1n) is 7.66. The van der Waals surface area contributed by atoms with Crippen LogP contribution < -0.4 is 10.6 Å². The van der Waals surface area contributed by atoms with Crippen LogP contribution in [-0.4, -0.2) is 38.3 Å². The van der Waals surface area contributed by atoms with Crippen LogP contribution in [0.3, 0.4) is 0 Å². The summed E-state index contributed by atoms with van der Waals surface area (Å²) in [4.78, 5) is 12.8. The number of anilines is 3. The van der Waals surface area contributed by atoms with Gasteiger partial charge in [0, 0.05) is 36.3 Å². The summed E-state index contributed by atoms with van der Waals surface area (Å²) in [5.74, 6) is 0.668. The molecule has 2 heterocycles. The van der Waals surface area contributed by atoms with Crippen molar-refractivity contribution in [1.82, 2.24) is 15.0 Å². The largest absolute Gasteiger partial charge is 0.505 e. The van der Waals surface area contributed by atoms with Crippen molar-refractivity contribution < 1.29 is 10.2 Å². The Morgan fingerprint density at radius 1 is 1.00 bits per heavy atom. The average molecular weight is 392 g/mol. The molecule has 0 aliphatic carbocycles. The summed E-state index contributed by atoms with van der Waals surface area (Å²) in [5, 5.41) is 25.0. The van der Waals surface area contributed by atoms with Gasteiger partial charge in [0.05, 0.1) is 22.3 Å². The number of aliphatic hydroxyl groups excluding tert-OH is 1. The van der Waals surface area contributed by atoms with Crippen LogP contribution in [0.4, 0.5) is 17.5 Å². The smallest absolute Gasteiger partial charge is 0.225 e. The highest BCUT2D eigenvalue weighted by Gasteiger charge is 2.10. The maximum Gasteiger partial charge on any atom is 0.225 e. The van der Waals surface area contributed by atoms with Gasteiger partial charge in [-0.25, -0.2) is 4.98 Å². The van der Waals surface area contributed by atoms with Crippen molar-refractivity contribution in [3.63, 3.8) is 0 Å². The van der Waals surface area contributed by atoms with Gasteiger partial charge >= 0.3 is 0 Å². The molecule has 4 N–H and O–H groups in total. The van der Waals surface area contributed by atoms with Crippen molar-refractivity contribution in [2.45, 2.75) is 0 Å². The molecule has 134 valence electrons. The van der Waals surface area contributed by atoms with Gasteiger partial charge in [-0.1, -0.05) is 23.2 Å². The number of benzene rings is 1. The second-order valence-electron chi connectivity index (χ2n) is 5.26. The van der Waals surface area contributed by atoms with E-state index in [1.54, 1.807) is 18.5 Å². The van der Waals surface area contributed by atoms with Crippen molar-refractivity contribution in [2.24, 2.45) is 0 Å². The van der Waals surface area contributed by atoms with E-state index in [4.69, 9.17) is 28.3 Å². The molecule has 0 aliphatic rings. The average Bonchev–Trinajstić information content (AvgIpc) is 2.65. The molecule has 0 saturated heterocycles. The van der Waals surface area contributed by atoms with E-state index in [0.29, 0.717) is 29.7 Å². The number of halogens is 2. The first kappa shape index (κ1) is 18.2. The van der Waals surface area contributed by atoms with Gasteiger partial charge in [-0.05, 0) is 24.3 Å². The van der Waals surface area contributed by atoms with Crippen molar-refractivity contribution in [3.8, 4) is 17.0 Å². The predicted molar refractivity (Wildman–Crippen MR) is 102 cm³/mol. The summed E-state index contributed by atoms with van der Waals surface area (Å²) in [5.41, 5.74) is 2.09. The Morgan fingerprint density at radius 3 is 2.35 bits per heavy atom. The Labute approximate surface area is 159 Å². The molecule has 0 saturated carbocycles. The number of phenols is 1. The van der Waals surface area contributed by atoms with Gasteiger partial charge < -0.3 is 20.8 Å². The lowest BCUT2D eigenvalue weighted by Crippen LogP contribution is -2.10. The van der Waals surface area contributed by atoms with E-state index in [9.17, 15) is 5.11 Å². The molecule has 9 heteroatoms. The summed E-state index contributed by atoms with van der Waals surface area (Å²) >= 11 is 11.9. The van der Waals surface area contributed by atoms with Gasteiger partial charge in [-0.15, -0.1) is 0 Å². The van der Waals surface area contributed by atoms with Gasteiger partial charge in [0.2, 0.25) is 5.95 Å². The van der Waals surface area contributed by atoms with E-state index in [2.05, 4.69) is 25.6 Å². The van der Waals surface area contributed by atoms with E-state index in [-0.39, 0.29) is 22.4 Å². The highest BCUT2D eigenvalue weighted by molar-refractivity contribution is 6.37. The van der Waals surface area contributed by atoms with Gasteiger partial charge in [0.25, 0.3) is 0 Å². The summed E-state index contributed by atoms with van der Waals surface area (Å²) in [7, 11) is 0. The minimum absolute atomic E-state index is 0.0468. The first-order valence-corrected chi connectivity index (χ1v) is 8.41. The number of hydrogen-bond acceptors (Lipinski definition) is 7. The van der Waals surface area contributed by atoms with Crippen LogP contribution in [0.5, 0.6) is 5.75 Å². The Balaban J connectivity index is 1.97. The molecule has 2 aromatic heterocycles. The summed E-state index contributed by atoms with van der Waals surface area (Å²) in [6.07, 6.45) is 3.34. The Bertz CT molecular complexity index is 886. The highest BCUT2D eigenvalue weighted by Crippen LogP contribution is 2.35. The molecule has 0 spiro atoms.